The topological polar surface area (TPSA) is 244 Å². The van der Waals surface area contributed by atoms with Crippen LogP contribution in [0, 0.1) is 0 Å². The minimum Gasteiger partial charge on any atom is -0.457 e. The predicted molar refractivity (Wildman–Crippen MR) is 333 cm³/mol. The van der Waals surface area contributed by atoms with Crippen LogP contribution < -0.4 is 25.9 Å². The highest BCUT2D eigenvalue weighted by Gasteiger charge is 2.45. The number of carbonyl (C=O) groups is 4. The maximum Gasteiger partial charge on any atom is 0.531 e. The zero-order valence-corrected chi connectivity index (χ0v) is 53.2. The van der Waals surface area contributed by atoms with E-state index in [0.29, 0.717) is 91.8 Å². The van der Waals surface area contributed by atoms with E-state index in [9.17, 15) is 58.1 Å². The number of likely N-dealkylation sites (N-methyl/N-ethyl adjacent to an activating group) is 1. The van der Waals surface area contributed by atoms with Crippen molar-refractivity contribution in [3.8, 4) is 5.75 Å². The van der Waals surface area contributed by atoms with Crippen LogP contribution in [-0.4, -0.2) is 140 Å². The highest BCUT2D eigenvalue weighted by atomic mass is 32.2. The molecule has 3 amide bonds. The highest BCUT2D eigenvalue weighted by Crippen LogP contribution is 2.49. The van der Waals surface area contributed by atoms with Crippen LogP contribution in [0.1, 0.15) is 134 Å². The summed E-state index contributed by atoms with van der Waals surface area (Å²) in [6.45, 7) is 5.75. The Morgan fingerprint density at radius 3 is 2.24 bits per heavy atom. The molecular weight excluding hydrogens is 1190 g/mol. The zero-order chi connectivity index (χ0) is 64.5. The number of nitrogens with zero attached hydrogens (tertiary/aromatic N) is 5. The monoisotopic (exact) mass is 1280 g/mol. The minimum atomic E-state index is -4.92. The summed E-state index contributed by atoms with van der Waals surface area (Å²) >= 11 is 0. The Kier molecular flexibility index (Phi) is 21.6. The SMILES string of the molecule is CC1(C)C(/C=C/C2=C(Oc3ccc(CCC(=O)ON4C(=O)CCC4=O)cc3)C(=C/C=C3/N(CCCCS(=O)(=O)O)c4ccc(S(=O)(=O)O)cc4C3(C)C)/CCC2)=[N+](CCCCCC(=O)NCCCCN2C=C(C[N+](C)(C)C[B-](F)(F)F)NN2)c2ccccc21. The fourth-order valence-corrected chi connectivity index (χ4v) is 13.3. The van der Waals surface area contributed by atoms with E-state index < -0.39 is 68.0 Å². The number of fused-ring (bicyclic) bond motifs is 2. The molecule has 3 aromatic rings. The number of benzene rings is 3. The lowest BCUT2D eigenvalue weighted by molar-refractivity contribution is -0.877. The average molecular weight is 1280 g/mol. The molecule has 5 aliphatic rings. The Hall–Kier alpha value is -7.10. The van der Waals surface area contributed by atoms with Crippen molar-refractivity contribution in [2.24, 2.45) is 0 Å². The number of imide groups is 1. The largest absolute Gasteiger partial charge is 0.531 e. The van der Waals surface area contributed by atoms with Gasteiger partial charge in [-0.15, -0.1) is 10.6 Å². The molecular formula is C63H83BF3N8O12S2+. The summed E-state index contributed by atoms with van der Waals surface area (Å²) in [6.07, 6.45) is 16.2. The van der Waals surface area contributed by atoms with Crippen LogP contribution in [-0.2, 0) is 61.5 Å². The summed E-state index contributed by atoms with van der Waals surface area (Å²) in [5.41, 5.74) is 13.5. The first kappa shape index (κ1) is 67.8. The van der Waals surface area contributed by atoms with Crippen LogP contribution in [0.5, 0.6) is 5.75 Å². The van der Waals surface area contributed by atoms with E-state index in [2.05, 4.69) is 59.0 Å². The molecule has 0 saturated carbocycles. The lowest BCUT2D eigenvalue weighted by Gasteiger charge is -2.34. The van der Waals surface area contributed by atoms with Gasteiger partial charge in [0.2, 0.25) is 11.6 Å². The van der Waals surface area contributed by atoms with Crippen molar-refractivity contribution in [3.63, 3.8) is 0 Å². The predicted octanol–water partition coefficient (Wildman–Crippen LogP) is 9.28. The summed E-state index contributed by atoms with van der Waals surface area (Å²) in [5.74, 6) is -1.12. The number of hydrogen-bond acceptors (Lipinski definition) is 14. The molecule has 482 valence electrons. The molecule has 0 atom stereocenters. The smallest absolute Gasteiger partial charge is 0.457 e. The third kappa shape index (κ3) is 18.1. The molecule has 26 heteroatoms. The summed E-state index contributed by atoms with van der Waals surface area (Å²) in [4.78, 5) is 56.5. The summed E-state index contributed by atoms with van der Waals surface area (Å²) in [6, 6.07) is 20.1. The molecule has 0 radical (unpaired) electrons. The van der Waals surface area contributed by atoms with Crippen LogP contribution in [0.3, 0.4) is 0 Å². The van der Waals surface area contributed by atoms with E-state index in [4.69, 9.17) is 9.57 Å². The number of rotatable bonds is 30. The van der Waals surface area contributed by atoms with Crippen LogP contribution in [0.25, 0.3) is 0 Å². The van der Waals surface area contributed by atoms with Crippen molar-refractivity contribution in [3.05, 3.63) is 142 Å². The number of quaternary nitrogens is 1. The number of hydroxylamine groups is 2. The van der Waals surface area contributed by atoms with Gasteiger partial charge in [-0.3, -0.25) is 28.5 Å². The lowest BCUT2D eigenvalue weighted by Crippen LogP contribution is -2.51. The van der Waals surface area contributed by atoms with E-state index in [1.165, 1.54) is 17.7 Å². The van der Waals surface area contributed by atoms with Gasteiger partial charge in [0.25, 0.3) is 32.1 Å². The van der Waals surface area contributed by atoms with Crippen LogP contribution in [0.15, 0.2) is 130 Å². The number of aryl methyl sites for hydroxylation is 1. The number of nitrogens with one attached hydrogen (secondary N) is 3. The molecule has 4 heterocycles. The third-order valence-corrected chi connectivity index (χ3v) is 18.4. The second-order valence-corrected chi connectivity index (χ2v) is 28.1. The molecule has 0 bridgehead atoms. The number of unbranched alkanes of at least 4 members (excludes halogenated alkanes) is 4. The molecule has 1 fully saturated rings. The average Bonchev–Trinajstić information content (AvgIpc) is 1.67. The van der Waals surface area contributed by atoms with Gasteiger partial charge in [0, 0.05) is 86.0 Å². The number of ether oxygens (including phenoxy) is 1. The van der Waals surface area contributed by atoms with Crippen molar-refractivity contribution >= 4 is 68.0 Å². The lowest BCUT2D eigenvalue weighted by atomic mass is 9.81. The van der Waals surface area contributed by atoms with Gasteiger partial charge in [0.05, 0.1) is 48.7 Å². The van der Waals surface area contributed by atoms with E-state index in [-0.39, 0.29) is 53.9 Å². The van der Waals surface area contributed by atoms with Crippen molar-refractivity contribution < 1.29 is 76.7 Å². The first-order chi connectivity index (χ1) is 41.9. The molecule has 3 aromatic carbocycles. The quantitative estimate of drug-likeness (QED) is 0.0104. The van der Waals surface area contributed by atoms with Crippen LogP contribution in [0.4, 0.5) is 24.3 Å². The second-order valence-electron chi connectivity index (χ2n) is 25.1. The van der Waals surface area contributed by atoms with Gasteiger partial charge < -0.3 is 42.6 Å². The Bertz CT molecular complexity index is 3580. The van der Waals surface area contributed by atoms with E-state index in [1.54, 1.807) is 31.4 Å². The van der Waals surface area contributed by atoms with Gasteiger partial charge in [-0.25, -0.2) is 4.79 Å². The van der Waals surface area contributed by atoms with Gasteiger partial charge in [0.1, 0.15) is 24.6 Å². The van der Waals surface area contributed by atoms with E-state index >= 15 is 0 Å². The molecule has 0 unspecified atom stereocenters. The van der Waals surface area contributed by atoms with Crippen molar-refractivity contribution in [2.45, 2.75) is 140 Å². The summed E-state index contributed by atoms with van der Waals surface area (Å²) < 4.78 is 116. The molecule has 20 nitrogen and oxygen atoms in total. The Labute approximate surface area is 520 Å². The molecule has 8 rings (SSSR count). The van der Waals surface area contributed by atoms with E-state index in [1.807, 2.05) is 67.3 Å². The van der Waals surface area contributed by atoms with Crippen LogP contribution in [0.2, 0.25) is 0 Å². The standard InChI is InChI=1S/C63H82BF3N8O12S2/c1-62(2)51-19-9-10-20-53(51)72(38-12-7-8-21-57(76)68-36-11-13-37-71-42-48(69-70-71)43-75(5,6)44-64(65,66)67)55(62)31-25-46-17-16-18-47(61(46)86-49-27-22-45(23-28-49)24-35-60(79)87-74-58(77)33-34-59(74)78)26-32-56-63(3,4)52-41-50(89(83,84)85)29-30-54(52)73(56)39-14-15-40-88(80,81)82/h9-10,19-20,22-23,25-32,41-42,69-70H,7-8,11-18,21,24,33-40,43-44H2,1-6H3,(H2-,68,76,80,81,82,83,84,85)/p+1. The molecule has 4 aliphatic heterocycles. The van der Waals surface area contributed by atoms with Crippen molar-refractivity contribution in [1.29, 1.82) is 0 Å². The summed E-state index contributed by atoms with van der Waals surface area (Å²) in [5, 5.41) is 5.37. The maximum atomic E-state index is 13.1. The number of para-hydroxylation sites is 1. The first-order valence-corrected chi connectivity index (χ1v) is 33.5. The molecule has 89 heavy (non-hydrogen) atoms. The zero-order valence-electron chi connectivity index (χ0n) is 51.5. The second kappa shape index (κ2) is 28.4. The Morgan fingerprint density at radius 1 is 0.809 bits per heavy atom. The van der Waals surface area contributed by atoms with Crippen molar-refractivity contribution in [2.75, 3.05) is 63.9 Å². The summed E-state index contributed by atoms with van der Waals surface area (Å²) in [7, 11) is -5.66. The van der Waals surface area contributed by atoms with Gasteiger partial charge in [-0.2, -0.15) is 21.4 Å². The van der Waals surface area contributed by atoms with Gasteiger partial charge >= 0.3 is 12.9 Å². The molecule has 0 spiro atoms. The fourth-order valence-electron chi connectivity index (χ4n) is 12.2. The first-order valence-electron chi connectivity index (χ1n) is 30.4. The number of allylic oxidation sites excluding steroid dienone is 7. The molecule has 0 aromatic heterocycles. The van der Waals surface area contributed by atoms with E-state index in [0.717, 1.165) is 65.9 Å². The molecule has 1 aliphatic carbocycles. The van der Waals surface area contributed by atoms with Gasteiger partial charge in [0.15, 0.2) is 5.71 Å². The number of amides is 3. The third-order valence-electron chi connectivity index (χ3n) is 16.7. The normalized spacial score (nSPS) is 18.6. The molecule has 5 N–H and O–H groups in total. The molecule has 1 saturated heterocycles. The number of halogens is 3. The van der Waals surface area contributed by atoms with Crippen LogP contribution >= 0.6 is 0 Å². The maximum absolute atomic E-state index is 13.1. The minimum absolute atomic E-state index is 0.00768. The number of carbonyl (C=O) groups excluding carboxylic acids is 4. The van der Waals surface area contributed by atoms with Crippen molar-refractivity contribution in [1.82, 2.24) is 26.3 Å². The Balaban J connectivity index is 0.998. The highest BCUT2D eigenvalue weighted by molar-refractivity contribution is 7.86. The number of hydrogen-bond donors (Lipinski definition) is 5. The number of hydrazine groups is 2. The van der Waals surface area contributed by atoms with Gasteiger partial charge in [-0.05, 0) is 143 Å². The fraction of sp³-hybridized carbons (Fsp3) is 0.476. The van der Waals surface area contributed by atoms with Gasteiger partial charge in [-0.1, -0.05) is 50.3 Å². The number of anilines is 1. The Morgan fingerprint density at radius 2 is 1.53 bits per heavy atom.